The third-order valence-electron chi connectivity index (χ3n) is 5.65. The zero-order valence-corrected chi connectivity index (χ0v) is 16.6. The van der Waals surface area contributed by atoms with E-state index < -0.39 is 0 Å². The van der Waals surface area contributed by atoms with Gasteiger partial charge in [0.1, 0.15) is 17.0 Å². The summed E-state index contributed by atoms with van der Waals surface area (Å²) in [6, 6.07) is 11.0. The first-order chi connectivity index (χ1) is 14.7. The van der Waals surface area contributed by atoms with Gasteiger partial charge >= 0.3 is 0 Å². The van der Waals surface area contributed by atoms with Gasteiger partial charge in [-0.15, -0.1) is 0 Å². The molecule has 156 valence electrons. The lowest BCUT2D eigenvalue weighted by atomic mass is 10.2. The van der Waals surface area contributed by atoms with Gasteiger partial charge in [0.05, 0.1) is 18.9 Å². The zero-order chi connectivity index (χ0) is 20.5. The van der Waals surface area contributed by atoms with E-state index in [-0.39, 0.29) is 29.6 Å². The molecule has 1 atom stereocenters. The first-order valence-electron chi connectivity index (χ1n) is 10.4. The molecule has 5 rings (SSSR count). The Labute approximate surface area is 174 Å². The summed E-state index contributed by atoms with van der Waals surface area (Å²) in [5.74, 6) is 0.500. The van der Waals surface area contributed by atoms with Crippen molar-refractivity contribution in [2.75, 3.05) is 18.5 Å². The fourth-order valence-electron chi connectivity index (χ4n) is 3.88. The van der Waals surface area contributed by atoms with E-state index in [2.05, 4.69) is 5.32 Å². The number of hydrogen-bond acceptors (Lipinski definition) is 5. The smallest absolute Gasteiger partial charge is 0.292 e. The van der Waals surface area contributed by atoms with Gasteiger partial charge in [-0.2, -0.15) is 0 Å². The Balaban J connectivity index is 1.48. The predicted molar refractivity (Wildman–Crippen MR) is 110 cm³/mol. The molecule has 7 nitrogen and oxygen atoms in total. The maximum atomic E-state index is 13.6. The fraction of sp³-hybridized carbons (Fsp3) is 0.391. The number of para-hydroxylation sites is 1. The second-order valence-electron chi connectivity index (χ2n) is 7.97. The van der Waals surface area contributed by atoms with Crippen LogP contribution < -0.4 is 5.32 Å². The molecule has 1 aliphatic heterocycles. The number of rotatable bonds is 7. The largest absolute Gasteiger partial charge is 0.467 e. The van der Waals surface area contributed by atoms with E-state index >= 15 is 0 Å². The molecule has 7 heteroatoms. The second kappa shape index (κ2) is 7.99. The summed E-state index contributed by atoms with van der Waals surface area (Å²) in [6.07, 6.45) is 5.24. The highest BCUT2D eigenvalue weighted by atomic mass is 16.5. The van der Waals surface area contributed by atoms with E-state index in [0.29, 0.717) is 36.7 Å². The number of anilines is 1. The van der Waals surface area contributed by atoms with Crippen LogP contribution in [0.25, 0.3) is 11.0 Å². The Morgan fingerprint density at radius 3 is 2.70 bits per heavy atom. The topological polar surface area (TPSA) is 84.9 Å². The highest BCUT2D eigenvalue weighted by molar-refractivity contribution is 6.11. The molecule has 0 unspecified atom stereocenters. The van der Waals surface area contributed by atoms with Gasteiger partial charge < -0.3 is 23.8 Å². The van der Waals surface area contributed by atoms with Crippen molar-refractivity contribution in [3.05, 3.63) is 54.2 Å². The third-order valence-corrected chi connectivity index (χ3v) is 5.65. The molecule has 0 spiro atoms. The van der Waals surface area contributed by atoms with Crippen LogP contribution in [0.4, 0.5) is 5.69 Å². The summed E-state index contributed by atoms with van der Waals surface area (Å²) in [5.41, 5.74) is 1.02. The van der Waals surface area contributed by atoms with Crippen LogP contribution in [0.3, 0.4) is 0 Å². The number of furan rings is 2. The van der Waals surface area contributed by atoms with Crippen LogP contribution >= 0.6 is 0 Å². The quantitative estimate of drug-likeness (QED) is 0.633. The Morgan fingerprint density at radius 1 is 1.10 bits per heavy atom. The second-order valence-corrected chi connectivity index (χ2v) is 7.97. The van der Waals surface area contributed by atoms with E-state index in [9.17, 15) is 9.59 Å². The molecule has 3 aromatic rings. The number of carbonyl (C=O) groups excluding carboxylic acids is 2. The first kappa shape index (κ1) is 18.9. The molecule has 2 fully saturated rings. The maximum absolute atomic E-state index is 13.6. The van der Waals surface area contributed by atoms with Crippen molar-refractivity contribution in [1.29, 1.82) is 0 Å². The van der Waals surface area contributed by atoms with Gasteiger partial charge in [0.15, 0.2) is 0 Å². The van der Waals surface area contributed by atoms with Gasteiger partial charge in [-0.1, -0.05) is 12.1 Å². The van der Waals surface area contributed by atoms with E-state index in [0.717, 1.165) is 31.1 Å². The molecule has 1 saturated heterocycles. The monoisotopic (exact) mass is 408 g/mol. The summed E-state index contributed by atoms with van der Waals surface area (Å²) in [7, 11) is 0. The molecular formula is C23H24N2O5. The molecular weight excluding hydrogens is 384 g/mol. The van der Waals surface area contributed by atoms with Gasteiger partial charge in [0.2, 0.25) is 11.7 Å². The highest BCUT2D eigenvalue weighted by Crippen LogP contribution is 2.35. The normalized spacial score (nSPS) is 18.6. The molecule has 0 bridgehead atoms. The van der Waals surface area contributed by atoms with Crippen LogP contribution in [-0.4, -0.2) is 36.0 Å². The van der Waals surface area contributed by atoms with Gasteiger partial charge in [0.25, 0.3) is 5.91 Å². The lowest BCUT2D eigenvalue weighted by molar-refractivity contribution is -0.117. The summed E-state index contributed by atoms with van der Waals surface area (Å²) < 4.78 is 17.2. The van der Waals surface area contributed by atoms with Crippen molar-refractivity contribution < 1.29 is 23.2 Å². The van der Waals surface area contributed by atoms with Gasteiger partial charge in [-0.25, -0.2) is 0 Å². The number of ether oxygens (including phenoxy) is 1. The van der Waals surface area contributed by atoms with E-state index in [1.165, 1.54) is 0 Å². The summed E-state index contributed by atoms with van der Waals surface area (Å²) in [5, 5.41) is 3.68. The average Bonchev–Trinajstić information content (AvgIpc) is 3.13. The van der Waals surface area contributed by atoms with Crippen molar-refractivity contribution >= 4 is 28.5 Å². The van der Waals surface area contributed by atoms with Crippen LogP contribution in [0.2, 0.25) is 0 Å². The van der Waals surface area contributed by atoms with Gasteiger partial charge in [0, 0.05) is 24.5 Å². The molecule has 1 N–H and O–H groups in total. The molecule has 2 aliphatic rings. The standard InChI is InChI=1S/C23H24N2O5/c26-22(15-9-10-15)24-20-18-7-1-2-8-19(18)30-21(20)23(27)25(13-16-5-3-11-28-16)14-17-6-4-12-29-17/h1-3,5,7-8,11,15,17H,4,6,9-10,12-14H2,(H,24,26)/t17-/m1/s1. The highest BCUT2D eigenvalue weighted by Gasteiger charge is 2.34. The number of hydrogen-bond donors (Lipinski definition) is 1. The van der Waals surface area contributed by atoms with Crippen molar-refractivity contribution in [2.45, 2.75) is 38.3 Å². The van der Waals surface area contributed by atoms with Crippen LogP contribution in [0.15, 0.2) is 51.5 Å². The molecule has 30 heavy (non-hydrogen) atoms. The minimum atomic E-state index is -0.288. The maximum Gasteiger partial charge on any atom is 0.292 e. The molecule has 2 aromatic heterocycles. The number of amides is 2. The van der Waals surface area contributed by atoms with E-state index in [4.69, 9.17) is 13.6 Å². The lowest BCUT2D eigenvalue weighted by Crippen LogP contribution is -2.37. The lowest BCUT2D eigenvalue weighted by Gasteiger charge is -2.24. The van der Waals surface area contributed by atoms with Crippen molar-refractivity contribution in [3.8, 4) is 0 Å². The minimum absolute atomic E-state index is 0.0159. The van der Waals surface area contributed by atoms with E-state index in [1.807, 2.05) is 24.3 Å². The molecule has 1 aromatic carbocycles. The van der Waals surface area contributed by atoms with Gasteiger partial charge in [-0.3, -0.25) is 9.59 Å². The number of benzene rings is 1. The molecule has 2 amide bonds. The van der Waals surface area contributed by atoms with Crippen LogP contribution in [-0.2, 0) is 16.1 Å². The number of carbonyl (C=O) groups is 2. The first-order valence-corrected chi connectivity index (χ1v) is 10.4. The van der Waals surface area contributed by atoms with Crippen LogP contribution in [0, 0.1) is 5.92 Å². The molecule has 1 saturated carbocycles. The van der Waals surface area contributed by atoms with E-state index in [1.54, 1.807) is 23.3 Å². The summed E-state index contributed by atoms with van der Waals surface area (Å²) >= 11 is 0. The zero-order valence-electron chi connectivity index (χ0n) is 16.6. The molecule has 3 heterocycles. The number of nitrogens with zero attached hydrogens (tertiary/aromatic N) is 1. The molecule has 0 radical (unpaired) electrons. The summed E-state index contributed by atoms with van der Waals surface area (Å²) in [4.78, 5) is 27.8. The average molecular weight is 408 g/mol. The summed E-state index contributed by atoms with van der Waals surface area (Å²) in [6.45, 7) is 1.45. The van der Waals surface area contributed by atoms with Crippen molar-refractivity contribution in [3.63, 3.8) is 0 Å². The Bertz CT molecular complexity index is 1040. The molecule has 1 aliphatic carbocycles. The van der Waals surface area contributed by atoms with Gasteiger partial charge in [-0.05, 0) is 49.9 Å². The fourth-order valence-corrected chi connectivity index (χ4v) is 3.88. The van der Waals surface area contributed by atoms with Crippen LogP contribution in [0.1, 0.15) is 42.0 Å². The minimum Gasteiger partial charge on any atom is -0.467 e. The Morgan fingerprint density at radius 2 is 1.97 bits per heavy atom. The van der Waals surface area contributed by atoms with Crippen molar-refractivity contribution in [2.24, 2.45) is 5.92 Å². The SMILES string of the molecule is O=C(Nc1c(C(=O)N(Cc2ccco2)C[C@H]2CCCO2)oc2ccccc12)C1CC1. The van der Waals surface area contributed by atoms with Crippen molar-refractivity contribution in [1.82, 2.24) is 4.90 Å². The van der Waals surface area contributed by atoms with Crippen LogP contribution in [0.5, 0.6) is 0 Å². The number of nitrogens with one attached hydrogen (secondary N) is 1. The Kier molecular flexibility index (Phi) is 5.04. The number of fused-ring (bicyclic) bond motifs is 1. The predicted octanol–water partition coefficient (Wildman–Crippen LogP) is 4.20. The Hall–Kier alpha value is -3.06. The third kappa shape index (κ3) is 3.85.